The van der Waals surface area contributed by atoms with E-state index in [1.165, 1.54) is 13.2 Å². The van der Waals surface area contributed by atoms with Gasteiger partial charge in [0.2, 0.25) is 0 Å². The Bertz CT molecular complexity index is 657. The summed E-state index contributed by atoms with van der Waals surface area (Å²) in [5.74, 6) is 0.0756. The summed E-state index contributed by atoms with van der Waals surface area (Å²) in [6.45, 7) is 0.294. The molecule has 6 heteroatoms. The van der Waals surface area contributed by atoms with Crippen molar-refractivity contribution in [3.05, 3.63) is 57.6 Å². The topological polar surface area (TPSA) is 61.5 Å². The quantitative estimate of drug-likeness (QED) is 0.683. The molecule has 0 aliphatic carbocycles. The van der Waals surface area contributed by atoms with E-state index in [0.29, 0.717) is 33.7 Å². The highest BCUT2D eigenvalue weighted by molar-refractivity contribution is 6.37. The molecule has 2 rings (SSSR count). The molecular weight excluding hydrogens is 313 g/mol. The van der Waals surface area contributed by atoms with Crippen molar-refractivity contribution in [3.63, 3.8) is 0 Å². The smallest absolute Gasteiger partial charge is 0.337 e. The maximum Gasteiger partial charge on any atom is 0.337 e. The van der Waals surface area contributed by atoms with Gasteiger partial charge in [0.25, 0.3) is 0 Å². The van der Waals surface area contributed by atoms with Crippen molar-refractivity contribution in [1.29, 1.82) is 0 Å². The number of nitrogen functional groups attached to an aromatic ring is 1. The monoisotopic (exact) mass is 325 g/mol. The summed E-state index contributed by atoms with van der Waals surface area (Å²) in [5, 5.41) is 0.773. The normalized spacial score (nSPS) is 10.2. The maximum absolute atomic E-state index is 11.3. The van der Waals surface area contributed by atoms with Crippen LogP contribution in [-0.4, -0.2) is 13.1 Å². The zero-order valence-corrected chi connectivity index (χ0v) is 12.7. The third-order valence-electron chi connectivity index (χ3n) is 2.82. The molecule has 0 saturated carbocycles. The molecule has 0 bridgehead atoms. The Labute approximate surface area is 132 Å². The standard InChI is InChI=1S/C15H13Cl2NO3/c1-20-15(19)10-4-2-9(3-5-10)8-21-14-7-13(18)11(16)6-12(14)17/h2-7H,8,18H2,1H3. The van der Waals surface area contributed by atoms with Crippen LogP contribution < -0.4 is 10.5 Å². The minimum absolute atomic E-state index is 0.294. The Kier molecular flexibility index (Phi) is 4.94. The fourth-order valence-electron chi connectivity index (χ4n) is 1.67. The van der Waals surface area contributed by atoms with Crippen molar-refractivity contribution in [1.82, 2.24) is 0 Å². The lowest BCUT2D eigenvalue weighted by Gasteiger charge is -2.10. The van der Waals surface area contributed by atoms with Crippen molar-refractivity contribution in [3.8, 4) is 5.75 Å². The number of hydrogen-bond acceptors (Lipinski definition) is 4. The zero-order chi connectivity index (χ0) is 15.4. The first kappa shape index (κ1) is 15.5. The second-order valence-electron chi connectivity index (χ2n) is 4.28. The van der Waals surface area contributed by atoms with Gasteiger partial charge < -0.3 is 15.2 Å². The van der Waals surface area contributed by atoms with Gasteiger partial charge in [0, 0.05) is 6.07 Å². The molecule has 0 aromatic heterocycles. The van der Waals surface area contributed by atoms with Crippen LogP contribution in [0.2, 0.25) is 10.0 Å². The number of rotatable bonds is 4. The van der Waals surface area contributed by atoms with E-state index in [9.17, 15) is 4.79 Å². The third-order valence-corrected chi connectivity index (χ3v) is 3.44. The minimum Gasteiger partial charge on any atom is -0.487 e. The van der Waals surface area contributed by atoms with Gasteiger partial charge in [0.15, 0.2) is 0 Å². The van der Waals surface area contributed by atoms with Gasteiger partial charge in [0.05, 0.1) is 28.4 Å². The number of halogens is 2. The number of anilines is 1. The van der Waals surface area contributed by atoms with Crippen LogP contribution in [0.3, 0.4) is 0 Å². The molecule has 21 heavy (non-hydrogen) atoms. The van der Waals surface area contributed by atoms with E-state index in [-0.39, 0.29) is 5.97 Å². The Morgan fingerprint density at radius 3 is 2.43 bits per heavy atom. The van der Waals surface area contributed by atoms with Gasteiger partial charge in [-0.25, -0.2) is 4.79 Å². The third kappa shape index (κ3) is 3.80. The highest BCUT2D eigenvalue weighted by Gasteiger charge is 2.08. The molecule has 4 nitrogen and oxygen atoms in total. The van der Waals surface area contributed by atoms with E-state index in [4.69, 9.17) is 33.7 Å². The molecule has 0 unspecified atom stereocenters. The largest absolute Gasteiger partial charge is 0.487 e. The van der Waals surface area contributed by atoms with Crippen LogP contribution in [0.5, 0.6) is 5.75 Å². The summed E-state index contributed by atoms with van der Waals surface area (Å²) in [6, 6.07) is 10.0. The molecule has 2 aromatic carbocycles. The molecule has 0 saturated heterocycles. The van der Waals surface area contributed by atoms with Gasteiger partial charge in [0.1, 0.15) is 12.4 Å². The van der Waals surface area contributed by atoms with Gasteiger partial charge in [-0.05, 0) is 23.8 Å². The molecule has 2 aromatic rings. The summed E-state index contributed by atoms with van der Waals surface area (Å²) in [5.41, 5.74) is 7.47. The van der Waals surface area contributed by atoms with Crippen molar-refractivity contribution in [2.75, 3.05) is 12.8 Å². The van der Waals surface area contributed by atoms with E-state index < -0.39 is 0 Å². The maximum atomic E-state index is 11.3. The molecule has 2 N–H and O–H groups in total. The molecule has 0 heterocycles. The Balaban J connectivity index is 2.06. The molecule has 0 aliphatic heterocycles. The van der Waals surface area contributed by atoms with E-state index in [0.717, 1.165) is 5.56 Å². The predicted octanol–water partition coefficient (Wildman–Crippen LogP) is 3.94. The fraction of sp³-hybridized carbons (Fsp3) is 0.133. The molecule has 0 amide bonds. The summed E-state index contributed by atoms with van der Waals surface area (Å²) >= 11 is 11.9. The van der Waals surface area contributed by atoms with Gasteiger partial charge in [-0.2, -0.15) is 0 Å². The van der Waals surface area contributed by atoms with Gasteiger partial charge in [-0.1, -0.05) is 35.3 Å². The van der Waals surface area contributed by atoms with E-state index in [1.807, 2.05) is 0 Å². The van der Waals surface area contributed by atoms with Gasteiger partial charge in [-0.15, -0.1) is 0 Å². The van der Waals surface area contributed by atoms with Crippen LogP contribution in [-0.2, 0) is 11.3 Å². The average Bonchev–Trinajstić information content (AvgIpc) is 2.49. The molecule has 0 aliphatic rings. The average molecular weight is 326 g/mol. The first-order valence-corrected chi connectivity index (χ1v) is 6.81. The van der Waals surface area contributed by atoms with Crippen LogP contribution in [0, 0.1) is 0 Å². The summed E-state index contributed by atoms with van der Waals surface area (Å²) < 4.78 is 10.2. The van der Waals surface area contributed by atoms with E-state index in [2.05, 4.69) is 4.74 Å². The van der Waals surface area contributed by atoms with E-state index in [1.54, 1.807) is 30.3 Å². The second-order valence-corrected chi connectivity index (χ2v) is 5.10. The molecule has 0 atom stereocenters. The second kappa shape index (κ2) is 6.70. The summed E-state index contributed by atoms with van der Waals surface area (Å²) in [6.07, 6.45) is 0. The lowest BCUT2D eigenvalue weighted by atomic mass is 10.1. The van der Waals surface area contributed by atoms with Crippen molar-refractivity contribution < 1.29 is 14.3 Å². The lowest BCUT2D eigenvalue weighted by Crippen LogP contribution is -2.02. The number of methoxy groups -OCH3 is 1. The lowest BCUT2D eigenvalue weighted by molar-refractivity contribution is 0.0600. The van der Waals surface area contributed by atoms with Crippen LogP contribution >= 0.6 is 23.2 Å². The number of carbonyl (C=O) groups excluding carboxylic acids is 1. The first-order chi connectivity index (χ1) is 10.0. The van der Waals surface area contributed by atoms with E-state index >= 15 is 0 Å². The number of ether oxygens (including phenoxy) is 2. The van der Waals surface area contributed by atoms with Crippen LogP contribution in [0.1, 0.15) is 15.9 Å². The zero-order valence-electron chi connectivity index (χ0n) is 11.2. The molecular formula is C15H13Cl2NO3. The first-order valence-electron chi connectivity index (χ1n) is 6.06. The van der Waals surface area contributed by atoms with Crippen LogP contribution in [0.15, 0.2) is 36.4 Å². The highest BCUT2D eigenvalue weighted by Crippen LogP contribution is 2.32. The number of benzene rings is 2. The number of nitrogens with two attached hydrogens (primary N) is 1. The fourth-order valence-corrected chi connectivity index (χ4v) is 2.11. The van der Waals surface area contributed by atoms with Gasteiger partial charge >= 0.3 is 5.97 Å². The Morgan fingerprint density at radius 2 is 1.81 bits per heavy atom. The Morgan fingerprint density at radius 1 is 1.14 bits per heavy atom. The van der Waals surface area contributed by atoms with Crippen molar-refractivity contribution >= 4 is 34.9 Å². The molecule has 110 valence electrons. The van der Waals surface area contributed by atoms with Crippen molar-refractivity contribution in [2.24, 2.45) is 0 Å². The summed E-state index contributed by atoms with van der Waals surface area (Å²) in [4.78, 5) is 11.3. The SMILES string of the molecule is COC(=O)c1ccc(COc2cc(N)c(Cl)cc2Cl)cc1. The Hall–Kier alpha value is -1.91. The number of carbonyl (C=O) groups is 1. The highest BCUT2D eigenvalue weighted by atomic mass is 35.5. The summed E-state index contributed by atoms with van der Waals surface area (Å²) in [7, 11) is 1.34. The van der Waals surface area contributed by atoms with Crippen LogP contribution in [0.4, 0.5) is 5.69 Å². The van der Waals surface area contributed by atoms with Gasteiger partial charge in [-0.3, -0.25) is 0 Å². The predicted molar refractivity (Wildman–Crippen MR) is 83.0 cm³/mol. The molecule has 0 spiro atoms. The number of hydrogen-bond donors (Lipinski definition) is 1. The number of esters is 1. The molecule has 0 radical (unpaired) electrons. The van der Waals surface area contributed by atoms with Crippen LogP contribution in [0.25, 0.3) is 0 Å². The molecule has 0 fully saturated rings. The minimum atomic E-state index is -0.379. The van der Waals surface area contributed by atoms with Crippen molar-refractivity contribution in [2.45, 2.75) is 6.61 Å².